The van der Waals surface area contributed by atoms with Crippen LogP contribution in [-0.4, -0.2) is 24.9 Å². The molecule has 1 aliphatic rings. The number of hydrogen-bond acceptors (Lipinski definition) is 4. The van der Waals surface area contributed by atoms with Gasteiger partial charge in [-0.2, -0.15) is 0 Å². The van der Waals surface area contributed by atoms with Gasteiger partial charge >= 0.3 is 0 Å². The van der Waals surface area contributed by atoms with E-state index in [1.54, 1.807) is 12.4 Å². The molecule has 16 heavy (non-hydrogen) atoms. The summed E-state index contributed by atoms with van der Waals surface area (Å²) in [6.07, 6.45) is 4.78. The van der Waals surface area contributed by atoms with Crippen molar-refractivity contribution in [2.75, 3.05) is 11.5 Å². The summed E-state index contributed by atoms with van der Waals surface area (Å²) in [5, 5.41) is 0. The highest BCUT2D eigenvalue weighted by Crippen LogP contribution is 2.29. The Hall–Kier alpha value is -0.940. The maximum atomic E-state index is 11.3. The maximum Gasteiger partial charge on any atom is 0.150 e. The molecule has 4 nitrogen and oxygen atoms in total. The van der Waals surface area contributed by atoms with Crippen LogP contribution < -0.4 is 5.73 Å². The number of pyridine rings is 1. The fourth-order valence-corrected chi connectivity index (χ4v) is 3.65. The van der Waals surface area contributed by atoms with Crippen molar-refractivity contribution in [3.05, 3.63) is 30.1 Å². The van der Waals surface area contributed by atoms with Crippen LogP contribution >= 0.6 is 0 Å². The lowest BCUT2D eigenvalue weighted by Crippen LogP contribution is -2.30. The highest BCUT2D eigenvalue weighted by molar-refractivity contribution is 7.91. The van der Waals surface area contributed by atoms with Crippen LogP contribution in [-0.2, 0) is 9.84 Å². The van der Waals surface area contributed by atoms with Crippen LogP contribution in [0.4, 0.5) is 0 Å². The van der Waals surface area contributed by atoms with Crippen molar-refractivity contribution in [3.8, 4) is 0 Å². The van der Waals surface area contributed by atoms with Crippen LogP contribution in [0.2, 0.25) is 0 Å². The van der Waals surface area contributed by atoms with E-state index in [1.807, 2.05) is 12.1 Å². The summed E-state index contributed by atoms with van der Waals surface area (Å²) in [4.78, 5) is 3.94. The molecular weight excluding hydrogens is 224 g/mol. The molecule has 0 radical (unpaired) electrons. The molecule has 2 heterocycles. The third-order valence-electron chi connectivity index (χ3n) is 3.20. The van der Waals surface area contributed by atoms with E-state index in [1.165, 1.54) is 0 Å². The van der Waals surface area contributed by atoms with Gasteiger partial charge in [0.1, 0.15) is 9.84 Å². The Balaban J connectivity index is 2.05. The number of rotatable bonds is 2. The molecule has 1 aromatic heterocycles. The van der Waals surface area contributed by atoms with Crippen molar-refractivity contribution in [2.45, 2.75) is 18.9 Å². The molecule has 0 aliphatic carbocycles. The fourth-order valence-electron chi connectivity index (χ4n) is 2.13. The second kappa shape index (κ2) is 4.51. The molecular formula is C11H16N2O2S. The van der Waals surface area contributed by atoms with Crippen molar-refractivity contribution in [2.24, 2.45) is 11.7 Å². The SMILES string of the molecule is NC(c1ccncc1)C1CCS(=O)(=O)CC1. The molecule has 5 heteroatoms. The second-order valence-corrected chi connectivity index (χ2v) is 6.60. The molecule has 0 spiro atoms. The topological polar surface area (TPSA) is 73.0 Å². The Bertz CT molecular complexity index is 430. The van der Waals surface area contributed by atoms with E-state index < -0.39 is 9.84 Å². The van der Waals surface area contributed by atoms with Gasteiger partial charge in [-0.1, -0.05) is 0 Å². The van der Waals surface area contributed by atoms with Crippen molar-refractivity contribution in [1.82, 2.24) is 4.98 Å². The van der Waals surface area contributed by atoms with Gasteiger partial charge in [0, 0.05) is 18.4 Å². The molecule has 1 aromatic rings. The third-order valence-corrected chi connectivity index (χ3v) is 4.91. The predicted molar refractivity (Wildman–Crippen MR) is 62.5 cm³/mol. The molecule has 0 bridgehead atoms. The van der Waals surface area contributed by atoms with Crippen molar-refractivity contribution in [1.29, 1.82) is 0 Å². The zero-order chi connectivity index (χ0) is 11.6. The minimum absolute atomic E-state index is 0.0708. The number of sulfone groups is 1. The van der Waals surface area contributed by atoms with Gasteiger partial charge in [-0.3, -0.25) is 4.98 Å². The van der Waals surface area contributed by atoms with Gasteiger partial charge in [-0.05, 0) is 36.5 Å². The molecule has 1 aliphatic heterocycles. The Kier molecular flexibility index (Phi) is 3.25. The second-order valence-electron chi connectivity index (χ2n) is 4.30. The lowest BCUT2D eigenvalue weighted by Gasteiger charge is -2.27. The third kappa shape index (κ3) is 2.59. The van der Waals surface area contributed by atoms with Gasteiger partial charge < -0.3 is 5.73 Å². The summed E-state index contributed by atoms with van der Waals surface area (Å²) < 4.78 is 22.6. The molecule has 1 unspecified atom stereocenters. The first-order chi connectivity index (χ1) is 7.58. The summed E-state index contributed by atoms with van der Waals surface area (Å²) in [5.74, 6) is 0.818. The van der Waals surface area contributed by atoms with E-state index in [4.69, 9.17) is 5.73 Å². The van der Waals surface area contributed by atoms with Crippen LogP contribution in [0.5, 0.6) is 0 Å². The van der Waals surface area contributed by atoms with Crippen LogP contribution in [0.3, 0.4) is 0 Å². The molecule has 1 saturated heterocycles. The smallest absolute Gasteiger partial charge is 0.150 e. The normalized spacial score (nSPS) is 22.8. The van der Waals surface area contributed by atoms with Gasteiger partial charge in [0.15, 0.2) is 0 Å². The molecule has 0 amide bonds. The van der Waals surface area contributed by atoms with Crippen molar-refractivity contribution in [3.63, 3.8) is 0 Å². The Labute approximate surface area is 95.8 Å². The molecule has 0 aromatic carbocycles. The monoisotopic (exact) mass is 240 g/mol. The molecule has 1 atom stereocenters. The lowest BCUT2D eigenvalue weighted by molar-refractivity contribution is 0.391. The van der Waals surface area contributed by atoms with E-state index in [9.17, 15) is 8.42 Å². The van der Waals surface area contributed by atoms with Crippen molar-refractivity contribution >= 4 is 9.84 Å². The van der Waals surface area contributed by atoms with E-state index in [0.29, 0.717) is 12.8 Å². The van der Waals surface area contributed by atoms with E-state index in [0.717, 1.165) is 5.56 Å². The fraction of sp³-hybridized carbons (Fsp3) is 0.545. The molecule has 88 valence electrons. The first-order valence-corrected chi connectivity index (χ1v) is 7.26. The number of nitrogens with zero attached hydrogens (tertiary/aromatic N) is 1. The quantitative estimate of drug-likeness (QED) is 0.833. The molecule has 2 N–H and O–H groups in total. The summed E-state index contributed by atoms with van der Waals surface area (Å²) in [6.45, 7) is 0. The van der Waals surface area contributed by atoms with Crippen LogP contribution in [0.25, 0.3) is 0 Å². The Morgan fingerprint density at radius 2 is 1.81 bits per heavy atom. The molecule has 0 saturated carbocycles. The minimum atomic E-state index is -2.80. The van der Waals surface area contributed by atoms with Crippen LogP contribution in [0.1, 0.15) is 24.4 Å². The number of hydrogen-bond donors (Lipinski definition) is 1. The zero-order valence-corrected chi connectivity index (χ0v) is 9.86. The number of nitrogens with two attached hydrogens (primary N) is 1. The highest BCUT2D eigenvalue weighted by atomic mass is 32.2. The lowest BCUT2D eigenvalue weighted by atomic mass is 9.90. The average molecular weight is 240 g/mol. The van der Waals surface area contributed by atoms with E-state index >= 15 is 0 Å². The maximum absolute atomic E-state index is 11.3. The standard InChI is InChI=1S/C11H16N2O2S/c12-11(9-1-5-13-6-2-9)10-3-7-16(14,15)8-4-10/h1-2,5-6,10-11H,3-4,7-8,12H2. The molecule has 2 rings (SSSR count). The zero-order valence-electron chi connectivity index (χ0n) is 9.04. The van der Waals surface area contributed by atoms with Crippen LogP contribution in [0.15, 0.2) is 24.5 Å². The first kappa shape index (κ1) is 11.5. The predicted octanol–water partition coefficient (Wildman–Crippen LogP) is 0.906. The minimum Gasteiger partial charge on any atom is -0.324 e. The van der Waals surface area contributed by atoms with Gasteiger partial charge in [0.05, 0.1) is 11.5 Å². The Morgan fingerprint density at radius 1 is 1.25 bits per heavy atom. The van der Waals surface area contributed by atoms with Gasteiger partial charge in [-0.15, -0.1) is 0 Å². The van der Waals surface area contributed by atoms with Gasteiger partial charge in [-0.25, -0.2) is 8.42 Å². The molecule has 1 fully saturated rings. The highest BCUT2D eigenvalue weighted by Gasteiger charge is 2.28. The largest absolute Gasteiger partial charge is 0.324 e. The van der Waals surface area contributed by atoms with Crippen molar-refractivity contribution < 1.29 is 8.42 Å². The summed E-state index contributed by atoms with van der Waals surface area (Å²) in [7, 11) is -2.80. The first-order valence-electron chi connectivity index (χ1n) is 5.44. The Morgan fingerprint density at radius 3 is 2.38 bits per heavy atom. The number of aromatic nitrogens is 1. The van der Waals surface area contributed by atoms with Crippen LogP contribution in [0, 0.1) is 5.92 Å². The van der Waals surface area contributed by atoms with Gasteiger partial charge in [0.25, 0.3) is 0 Å². The van der Waals surface area contributed by atoms with E-state index in [-0.39, 0.29) is 23.5 Å². The van der Waals surface area contributed by atoms with E-state index in [2.05, 4.69) is 4.98 Å². The summed E-state index contributed by atoms with van der Waals surface area (Å²) in [6, 6.07) is 3.72. The summed E-state index contributed by atoms with van der Waals surface area (Å²) in [5.41, 5.74) is 7.18. The van der Waals surface area contributed by atoms with Gasteiger partial charge in [0.2, 0.25) is 0 Å². The average Bonchev–Trinajstić information content (AvgIpc) is 2.29. The summed E-state index contributed by atoms with van der Waals surface area (Å²) >= 11 is 0.